The molecule has 0 radical (unpaired) electrons. The lowest BCUT2D eigenvalue weighted by molar-refractivity contribution is -0.214. The van der Waals surface area contributed by atoms with Gasteiger partial charge in [-0.25, -0.2) is 0 Å². The number of hydroxylamine groups is 2. The summed E-state index contributed by atoms with van der Waals surface area (Å²) in [6, 6.07) is 0. The summed E-state index contributed by atoms with van der Waals surface area (Å²) in [4.78, 5) is 12.0. The molecule has 1 aliphatic heterocycles. The molecular weight excluding hydrogens is 264 g/mol. The lowest BCUT2D eigenvalue weighted by Gasteiger charge is -2.47. The van der Waals surface area contributed by atoms with Crippen molar-refractivity contribution < 1.29 is 10.0 Å². The smallest absolute Gasteiger partial charge is 0.276 e. The van der Waals surface area contributed by atoms with Gasteiger partial charge in [0.25, 0.3) is 5.91 Å². The van der Waals surface area contributed by atoms with E-state index in [9.17, 15) is 10.0 Å². The van der Waals surface area contributed by atoms with E-state index in [4.69, 9.17) is 0 Å². The van der Waals surface area contributed by atoms with E-state index in [1.54, 1.807) is 0 Å². The van der Waals surface area contributed by atoms with Crippen molar-refractivity contribution in [2.75, 3.05) is 0 Å². The van der Waals surface area contributed by atoms with E-state index in [0.717, 1.165) is 17.4 Å². The maximum absolute atomic E-state index is 12.0. The van der Waals surface area contributed by atoms with E-state index in [2.05, 4.69) is 14.1 Å². The summed E-state index contributed by atoms with van der Waals surface area (Å²) < 4.78 is 7.71. The Morgan fingerprint density at radius 1 is 1.47 bits per heavy atom. The first-order valence-electron chi connectivity index (χ1n) is 6.02. The van der Waals surface area contributed by atoms with Gasteiger partial charge in [-0.3, -0.25) is 4.79 Å². The molecule has 0 aliphatic carbocycles. The zero-order valence-corrected chi connectivity index (χ0v) is 12.3. The van der Waals surface area contributed by atoms with E-state index < -0.39 is 11.1 Å². The molecule has 6 nitrogen and oxygen atoms in total. The van der Waals surface area contributed by atoms with Crippen LogP contribution in [0.1, 0.15) is 44.6 Å². The number of amides is 1. The maximum Gasteiger partial charge on any atom is 0.276 e. The average molecular weight is 282 g/mol. The number of nitrogens with one attached hydrogen (secondary N) is 1. The highest BCUT2D eigenvalue weighted by molar-refractivity contribution is 6.99. The predicted octanol–water partition coefficient (Wildman–Crippen LogP) is 1.80. The van der Waals surface area contributed by atoms with Gasteiger partial charge in [-0.15, -0.1) is 0 Å². The summed E-state index contributed by atoms with van der Waals surface area (Å²) in [5, 5.41) is 14.3. The Hall–Kier alpha value is -1.31. The summed E-state index contributed by atoms with van der Waals surface area (Å²) in [6.45, 7) is 7.64. The fourth-order valence-corrected chi connectivity index (χ4v) is 2.83. The molecule has 0 aromatic carbocycles. The fourth-order valence-electron chi connectivity index (χ4n) is 2.41. The lowest BCUT2D eigenvalue weighted by Crippen LogP contribution is -2.56. The zero-order chi connectivity index (χ0) is 14.3. The van der Waals surface area contributed by atoms with Gasteiger partial charge < -0.3 is 10.5 Å². The van der Waals surface area contributed by atoms with Crippen molar-refractivity contribution in [3.05, 3.63) is 23.7 Å². The summed E-state index contributed by atoms with van der Waals surface area (Å²) >= 11 is 1.00. The molecule has 0 saturated heterocycles. The zero-order valence-electron chi connectivity index (χ0n) is 11.5. The number of hydrogen-bond donors (Lipinski definition) is 2. The average Bonchev–Trinajstić information content (AvgIpc) is 2.78. The number of aromatic nitrogens is 2. The van der Waals surface area contributed by atoms with Crippen LogP contribution in [-0.4, -0.2) is 36.0 Å². The molecule has 0 bridgehead atoms. The van der Waals surface area contributed by atoms with Gasteiger partial charge in [0, 0.05) is 17.7 Å². The van der Waals surface area contributed by atoms with Crippen LogP contribution in [0.25, 0.3) is 0 Å². The topological polar surface area (TPSA) is 78.4 Å². The van der Waals surface area contributed by atoms with E-state index in [1.165, 1.54) is 11.3 Å². The van der Waals surface area contributed by atoms with Gasteiger partial charge >= 0.3 is 0 Å². The van der Waals surface area contributed by atoms with Crippen LogP contribution in [0.2, 0.25) is 0 Å². The number of carbonyl (C=O) groups excluding carboxylic acids is 1. The van der Waals surface area contributed by atoms with Crippen LogP contribution in [-0.2, 0) is 0 Å². The van der Waals surface area contributed by atoms with Crippen LogP contribution >= 0.6 is 11.7 Å². The predicted molar refractivity (Wildman–Crippen MR) is 71.9 cm³/mol. The van der Waals surface area contributed by atoms with Crippen molar-refractivity contribution in [1.29, 1.82) is 0 Å². The highest BCUT2D eigenvalue weighted by atomic mass is 32.1. The van der Waals surface area contributed by atoms with E-state index in [-0.39, 0.29) is 5.91 Å². The third-order valence-corrected chi connectivity index (χ3v) is 3.62. The molecule has 1 aliphatic rings. The minimum absolute atomic E-state index is 0.266. The highest BCUT2D eigenvalue weighted by Crippen LogP contribution is 2.34. The van der Waals surface area contributed by atoms with E-state index >= 15 is 0 Å². The Bertz CT molecular complexity index is 508. The third-order valence-electron chi connectivity index (χ3n) is 3.14. The second-order valence-electron chi connectivity index (χ2n) is 5.87. The molecule has 19 heavy (non-hydrogen) atoms. The van der Waals surface area contributed by atoms with Crippen LogP contribution in [0.15, 0.2) is 18.0 Å². The first kappa shape index (κ1) is 14.1. The largest absolute Gasteiger partial charge is 0.324 e. The molecule has 0 unspecified atom stereocenters. The van der Waals surface area contributed by atoms with Crippen LogP contribution < -0.4 is 5.32 Å². The standard InChI is InChI=1S/C12H18N4O2S/c1-11(2)5-8(6-12(3,4)16(11)18)14-10(17)9-7-13-19-15-9/h5,7,18H,6H2,1-4H3,(H,14,17). The third kappa shape index (κ3) is 2.83. The summed E-state index contributed by atoms with van der Waals surface area (Å²) in [7, 11) is 0. The van der Waals surface area contributed by atoms with Crippen molar-refractivity contribution >= 4 is 17.6 Å². The van der Waals surface area contributed by atoms with Gasteiger partial charge in [-0.2, -0.15) is 13.8 Å². The van der Waals surface area contributed by atoms with E-state index in [1.807, 2.05) is 33.8 Å². The van der Waals surface area contributed by atoms with Gasteiger partial charge in [0.05, 0.1) is 23.5 Å². The molecule has 1 aromatic heterocycles. The molecule has 1 aromatic rings. The van der Waals surface area contributed by atoms with Gasteiger partial charge in [0.1, 0.15) is 0 Å². The van der Waals surface area contributed by atoms with Crippen molar-refractivity contribution in [2.24, 2.45) is 0 Å². The number of rotatable bonds is 2. The van der Waals surface area contributed by atoms with Crippen LogP contribution in [0, 0.1) is 0 Å². The Morgan fingerprint density at radius 2 is 2.16 bits per heavy atom. The molecule has 2 heterocycles. The molecular formula is C12H18N4O2S. The molecule has 0 fully saturated rings. The Balaban J connectivity index is 2.19. The summed E-state index contributed by atoms with van der Waals surface area (Å²) in [5.41, 5.74) is 0.123. The summed E-state index contributed by atoms with van der Waals surface area (Å²) in [6.07, 6.45) is 3.85. The monoisotopic (exact) mass is 282 g/mol. The highest BCUT2D eigenvalue weighted by Gasteiger charge is 2.41. The van der Waals surface area contributed by atoms with Crippen LogP contribution in [0.5, 0.6) is 0 Å². The van der Waals surface area contributed by atoms with Crippen molar-refractivity contribution in [3.63, 3.8) is 0 Å². The molecule has 2 rings (SSSR count). The molecule has 0 spiro atoms. The van der Waals surface area contributed by atoms with Gasteiger partial charge in [-0.1, -0.05) is 0 Å². The Kier molecular flexibility index (Phi) is 3.46. The van der Waals surface area contributed by atoms with E-state index in [0.29, 0.717) is 12.1 Å². The molecule has 0 saturated carbocycles. The SMILES string of the molecule is CC1(C)C=C(NC(=O)c2cnsn2)CC(C)(C)N1O. The Labute approximate surface area is 116 Å². The van der Waals surface area contributed by atoms with Crippen LogP contribution in [0.3, 0.4) is 0 Å². The molecule has 0 atom stereocenters. The van der Waals surface area contributed by atoms with Crippen molar-refractivity contribution in [2.45, 2.75) is 45.2 Å². The molecule has 1 amide bonds. The summed E-state index contributed by atoms with van der Waals surface area (Å²) in [5.74, 6) is -0.266. The van der Waals surface area contributed by atoms with Crippen LogP contribution in [0.4, 0.5) is 0 Å². The minimum atomic E-state index is -0.537. The number of hydrogen-bond acceptors (Lipinski definition) is 6. The second kappa shape index (κ2) is 4.66. The molecule has 7 heteroatoms. The van der Waals surface area contributed by atoms with Crippen molar-refractivity contribution in [3.8, 4) is 0 Å². The normalized spacial score (nSPS) is 21.8. The maximum atomic E-state index is 12.0. The first-order chi connectivity index (χ1) is 8.72. The van der Waals surface area contributed by atoms with Gasteiger partial charge in [0.15, 0.2) is 5.69 Å². The fraction of sp³-hybridized carbons (Fsp3) is 0.583. The van der Waals surface area contributed by atoms with Gasteiger partial charge in [-0.05, 0) is 33.8 Å². The lowest BCUT2D eigenvalue weighted by atomic mass is 9.85. The van der Waals surface area contributed by atoms with Crippen molar-refractivity contribution in [1.82, 2.24) is 19.1 Å². The van der Waals surface area contributed by atoms with Gasteiger partial charge in [0.2, 0.25) is 0 Å². The number of nitrogens with zero attached hydrogens (tertiary/aromatic N) is 3. The second-order valence-corrected chi connectivity index (χ2v) is 6.43. The molecule has 104 valence electrons. The minimum Gasteiger partial charge on any atom is -0.324 e. The Morgan fingerprint density at radius 3 is 2.68 bits per heavy atom. The first-order valence-corrected chi connectivity index (χ1v) is 6.75. The molecule has 2 N–H and O–H groups in total. The quantitative estimate of drug-likeness (QED) is 0.865. The number of carbonyl (C=O) groups is 1.